The topological polar surface area (TPSA) is 24.5 Å². The Balaban J connectivity index is 1.98. The quantitative estimate of drug-likeness (QED) is 0.905. The van der Waals surface area contributed by atoms with Gasteiger partial charge in [0.1, 0.15) is 5.75 Å². The largest absolute Gasteiger partial charge is 0.496 e. The Bertz CT molecular complexity index is 397. The summed E-state index contributed by atoms with van der Waals surface area (Å²) in [5, 5.41) is 3.44. The minimum Gasteiger partial charge on any atom is -0.496 e. The molecule has 0 saturated carbocycles. The maximum Gasteiger partial charge on any atom is 0.133 e. The van der Waals surface area contributed by atoms with Crippen molar-refractivity contribution >= 4 is 21.6 Å². The number of hydrogen-bond donors (Lipinski definition) is 1. The monoisotopic (exact) mass is 312 g/mol. The van der Waals surface area contributed by atoms with E-state index in [0.29, 0.717) is 0 Å². The van der Waals surface area contributed by atoms with E-state index in [1.165, 1.54) is 12.1 Å². The second-order valence-electron chi connectivity index (χ2n) is 4.73. The fourth-order valence-electron chi connectivity index (χ4n) is 2.43. The molecule has 1 aliphatic rings. The Labute approximate surface area is 118 Å². The number of anilines is 1. The van der Waals surface area contributed by atoms with Gasteiger partial charge >= 0.3 is 0 Å². The molecule has 4 heteroatoms. The summed E-state index contributed by atoms with van der Waals surface area (Å²) in [5.41, 5.74) is 1.28. The van der Waals surface area contributed by atoms with Crippen LogP contribution in [0.15, 0.2) is 22.7 Å². The molecule has 1 aromatic carbocycles. The number of hydrogen-bond acceptors (Lipinski definition) is 3. The van der Waals surface area contributed by atoms with E-state index in [4.69, 9.17) is 4.74 Å². The van der Waals surface area contributed by atoms with E-state index in [9.17, 15) is 0 Å². The number of ether oxygens (including phenoxy) is 1. The van der Waals surface area contributed by atoms with Gasteiger partial charge in [-0.1, -0.05) is 6.92 Å². The van der Waals surface area contributed by atoms with Crippen LogP contribution >= 0.6 is 15.9 Å². The number of benzene rings is 1. The molecule has 0 aromatic heterocycles. The van der Waals surface area contributed by atoms with Crippen LogP contribution in [-0.4, -0.2) is 33.3 Å². The number of rotatable bonds is 5. The van der Waals surface area contributed by atoms with Gasteiger partial charge in [0.05, 0.1) is 11.6 Å². The average Bonchev–Trinajstić information content (AvgIpc) is 2.85. The van der Waals surface area contributed by atoms with Gasteiger partial charge in [-0.3, -0.25) is 0 Å². The van der Waals surface area contributed by atoms with Crippen molar-refractivity contribution in [1.82, 2.24) is 5.32 Å². The average molecular weight is 313 g/mol. The van der Waals surface area contributed by atoms with Gasteiger partial charge in [-0.05, 0) is 59.6 Å². The van der Waals surface area contributed by atoms with Crippen LogP contribution in [0.2, 0.25) is 0 Å². The second-order valence-corrected chi connectivity index (χ2v) is 5.58. The summed E-state index contributed by atoms with van der Waals surface area (Å²) in [6.07, 6.45) is 1.27. The highest BCUT2D eigenvalue weighted by Crippen LogP contribution is 2.31. The smallest absolute Gasteiger partial charge is 0.133 e. The van der Waals surface area contributed by atoms with E-state index in [0.717, 1.165) is 42.3 Å². The van der Waals surface area contributed by atoms with Crippen LogP contribution in [-0.2, 0) is 0 Å². The normalized spacial score (nSPS) is 19.3. The molecule has 1 aromatic rings. The van der Waals surface area contributed by atoms with Gasteiger partial charge in [0.15, 0.2) is 0 Å². The fraction of sp³-hybridized carbons (Fsp3) is 0.571. The van der Waals surface area contributed by atoms with Crippen molar-refractivity contribution in [3.05, 3.63) is 22.7 Å². The Morgan fingerprint density at radius 1 is 1.50 bits per heavy atom. The van der Waals surface area contributed by atoms with E-state index >= 15 is 0 Å². The maximum atomic E-state index is 5.26. The third kappa shape index (κ3) is 3.18. The summed E-state index contributed by atoms with van der Waals surface area (Å²) in [4.78, 5) is 2.45. The molecule has 0 radical (unpaired) electrons. The van der Waals surface area contributed by atoms with Crippen LogP contribution in [0.4, 0.5) is 5.69 Å². The minimum atomic E-state index is 0.769. The summed E-state index contributed by atoms with van der Waals surface area (Å²) in [6.45, 7) is 6.64. The first-order valence-corrected chi connectivity index (χ1v) is 7.33. The zero-order valence-electron chi connectivity index (χ0n) is 11.1. The van der Waals surface area contributed by atoms with Gasteiger partial charge in [0.25, 0.3) is 0 Å². The molecule has 1 saturated heterocycles. The zero-order chi connectivity index (χ0) is 13.0. The Morgan fingerprint density at radius 2 is 2.33 bits per heavy atom. The first-order chi connectivity index (χ1) is 8.74. The van der Waals surface area contributed by atoms with Gasteiger partial charge in [0, 0.05) is 18.8 Å². The Kier molecular flexibility index (Phi) is 4.89. The minimum absolute atomic E-state index is 0.769. The van der Waals surface area contributed by atoms with Crippen LogP contribution < -0.4 is 15.0 Å². The molecule has 0 bridgehead atoms. The fourth-order valence-corrected chi connectivity index (χ4v) is 2.96. The van der Waals surface area contributed by atoms with Gasteiger partial charge < -0.3 is 15.0 Å². The molecule has 1 fully saturated rings. The summed E-state index contributed by atoms with van der Waals surface area (Å²) < 4.78 is 6.29. The van der Waals surface area contributed by atoms with Crippen LogP contribution in [0.5, 0.6) is 5.75 Å². The molecule has 0 aliphatic carbocycles. The first kappa shape index (κ1) is 13.7. The van der Waals surface area contributed by atoms with Gasteiger partial charge in [-0.25, -0.2) is 0 Å². The second kappa shape index (κ2) is 6.43. The number of nitrogens with one attached hydrogen (secondary N) is 1. The molecular weight excluding hydrogens is 292 g/mol. The van der Waals surface area contributed by atoms with Crippen LogP contribution in [0.25, 0.3) is 0 Å². The molecule has 1 unspecified atom stereocenters. The van der Waals surface area contributed by atoms with Crippen molar-refractivity contribution in [2.45, 2.75) is 13.3 Å². The lowest BCUT2D eigenvalue weighted by atomic mass is 10.1. The Hall–Kier alpha value is -0.740. The van der Waals surface area contributed by atoms with Crippen molar-refractivity contribution < 1.29 is 4.74 Å². The van der Waals surface area contributed by atoms with E-state index in [1.54, 1.807) is 7.11 Å². The summed E-state index contributed by atoms with van der Waals surface area (Å²) >= 11 is 3.55. The van der Waals surface area contributed by atoms with Gasteiger partial charge in [-0.15, -0.1) is 0 Å². The first-order valence-electron chi connectivity index (χ1n) is 6.53. The third-order valence-corrected chi connectivity index (χ3v) is 4.09. The summed E-state index contributed by atoms with van der Waals surface area (Å²) in [5.74, 6) is 1.66. The van der Waals surface area contributed by atoms with Crippen molar-refractivity contribution in [2.75, 3.05) is 38.2 Å². The molecule has 100 valence electrons. The van der Waals surface area contributed by atoms with Crippen LogP contribution in [0.3, 0.4) is 0 Å². The summed E-state index contributed by atoms with van der Waals surface area (Å²) in [7, 11) is 1.70. The molecule has 1 aliphatic heterocycles. The number of nitrogens with zero attached hydrogens (tertiary/aromatic N) is 1. The number of halogens is 1. The molecule has 1 atom stereocenters. The standard InChI is InChI=1S/C14H21BrN2O/c1-3-16-9-11-6-7-17(10-11)12-4-5-14(18-2)13(15)8-12/h4-5,8,11,16H,3,6-7,9-10H2,1-2H3. The van der Waals surface area contributed by atoms with Crippen LogP contribution in [0.1, 0.15) is 13.3 Å². The van der Waals surface area contributed by atoms with Crippen molar-refractivity contribution in [3.63, 3.8) is 0 Å². The predicted molar refractivity (Wildman–Crippen MR) is 79.6 cm³/mol. The SMILES string of the molecule is CCNCC1CCN(c2ccc(OC)c(Br)c2)C1. The maximum absolute atomic E-state index is 5.26. The van der Waals surface area contributed by atoms with E-state index in [1.807, 2.05) is 6.07 Å². The lowest BCUT2D eigenvalue weighted by Crippen LogP contribution is -2.26. The highest BCUT2D eigenvalue weighted by molar-refractivity contribution is 9.10. The van der Waals surface area contributed by atoms with Crippen molar-refractivity contribution in [3.8, 4) is 5.75 Å². The molecule has 18 heavy (non-hydrogen) atoms. The van der Waals surface area contributed by atoms with Gasteiger partial charge in [-0.2, -0.15) is 0 Å². The summed E-state index contributed by atoms with van der Waals surface area (Å²) in [6, 6.07) is 6.31. The Morgan fingerprint density at radius 3 is 3.00 bits per heavy atom. The van der Waals surface area contributed by atoms with Gasteiger partial charge in [0.2, 0.25) is 0 Å². The van der Waals surface area contributed by atoms with Crippen molar-refractivity contribution in [1.29, 1.82) is 0 Å². The van der Waals surface area contributed by atoms with Crippen molar-refractivity contribution in [2.24, 2.45) is 5.92 Å². The van der Waals surface area contributed by atoms with Crippen LogP contribution in [0, 0.1) is 5.92 Å². The lowest BCUT2D eigenvalue weighted by molar-refractivity contribution is 0.412. The van der Waals surface area contributed by atoms with E-state index in [2.05, 4.69) is 45.2 Å². The molecular formula is C14H21BrN2O. The molecule has 0 spiro atoms. The third-order valence-electron chi connectivity index (χ3n) is 3.47. The van der Waals surface area contributed by atoms with E-state index in [-0.39, 0.29) is 0 Å². The highest BCUT2D eigenvalue weighted by atomic mass is 79.9. The molecule has 1 heterocycles. The highest BCUT2D eigenvalue weighted by Gasteiger charge is 2.22. The molecule has 2 rings (SSSR count). The predicted octanol–water partition coefficient (Wildman–Crippen LogP) is 2.89. The van der Waals surface area contributed by atoms with E-state index < -0.39 is 0 Å². The molecule has 1 N–H and O–H groups in total. The molecule has 0 amide bonds. The molecule has 3 nitrogen and oxygen atoms in total. The lowest BCUT2D eigenvalue weighted by Gasteiger charge is -2.19. The zero-order valence-corrected chi connectivity index (χ0v) is 12.7. The number of methoxy groups -OCH3 is 1.